The van der Waals surface area contributed by atoms with Crippen molar-refractivity contribution >= 4 is 7.82 Å². The maximum absolute atomic E-state index is 13.8. The SMILES string of the molecule is CCCCCCCCCCCCCCCCOP(=O)(OC[C@H]1OC(O)[C@@H](O)[C@@H](O)[C@@H]1O)OC[C@H]1OC(n2cc(C)c(=O)[nH]c2=O)C[C@@H]1N=[N+]=[N-]. The molecule has 3 unspecified atom stereocenters. The summed E-state index contributed by atoms with van der Waals surface area (Å²) >= 11 is 0. The summed E-state index contributed by atoms with van der Waals surface area (Å²) in [5, 5.41) is 43.7. The molecule has 0 radical (unpaired) electrons. The van der Waals surface area contributed by atoms with Gasteiger partial charge in [0.2, 0.25) is 0 Å². The van der Waals surface area contributed by atoms with Gasteiger partial charge in [0.15, 0.2) is 6.29 Å². The molecule has 2 saturated heterocycles. The highest BCUT2D eigenvalue weighted by Gasteiger charge is 2.45. The molecular weight excluding hydrogens is 677 g/mol. The molecule has 17 nitrogen and oxygen atoms in total. The van der Waals surface area contributed by atoms with E-state index < -0.39 is 81.4 Å². The fourth-order valence-electron chi connectivity index (χ4n) is 6.01. The van der Waals surface area contributed by atoms with E-state index >= 15 is 0 Å². The summed E-state index contributed by atoms with van der Waals surface area (Å²) in [6.07, 6.45) is 7.21. The van der Waals surface area contributed by atoms with Gasteiger partial charge in [-0.05, 0) is 18.9 Å². The monoisotopic (exact) mass is 733 g/mol. The lowest BCUT2D eigenvalue weighted by Crippen LogP contribution is -2.58. The van der Waals surface area contributed by atoms with E-state index in [4.69, 9.17) is 28.6 Å². The molecule has 0 aliphatic carbocycles. The van der Waals surface area contributed by atoms with Gasteiger partial charge >= 0.3 is 13.5 Å². The highest BCUT2D eigenvalue weighted by atomic mass is 31.2. The number of hydrogen-bond acceptors (Lipinski definition) is 13. The number of nitrogens with zero attached hydrogens (tertiary/aromatic N) is 4. The van der Waals surface area contributed by atoms with E-state index in [1.165, 1.54) is 70.9 Å². The van der Waals surface area contributed by atoms with Crippen molar-refractivity contribution in [2.45, 2.75) is 159 Å². The summed E-state index contributed by atoms with van der Waals surface area (Å²) in [5.74, 6) is 0. The quantitative estimate of drug-likeness (QED) is 0.0329. The van der Waals surface area contributed by atoms with Crippen LogP contribution in [-0.4, -0.2) is 92.6 Å². The summed E-state index contributed by atoms with van der Waals surface area (Å²) in [4.78, 5) is 29.3. The highest BCUT2D eigenvalue weighted by molar-refractivity contribution is 7.48. The van der Waals surface area contributed by atoms with Crippen molar-refractivity contribution < 1.29 is 48.0 Å². The number of azide groups is 1. The third-order valence-electron chi connectivity index (χ3n) is 9.09. The topological polar surface area (TPSA) is 248 Å². The first kappa shape index (κ1) is 42.3. The number of phosphoric ester groups is 1. The molecule has 1 aromatic rings. The van der Waals surface area contributed by atoms with Crippen LogP contribution in [0.3, 0.4) is 0 Å². The lowest BCUT2D eigenvalue weighted by Gasteiger charge is -2.38. The summed E-state index contributed by atoms with van der Waals surface area (Å²) in [7, 11) is -4.41. The van der Waals surface area contributed by atoms with E-state index in [2.05, 4.69) is 21.9 Å². The van der Waals surface area contributed by atoms with Crippen LogP contribution in [0.2, 0.25) is 0 Å². The Balaban J connectivity index is 1.52. The fraction of sp³-hybridized carbons (Fsp3) is 0.875. The van der Waals surface area contributed by atoms with Crippen molar-refractivity contribution in [1.29, 1.82) is 0 Å². The van der Waals surface area contributed by atoms with E-state index in [9.17, 15) is 34.6 Å². The fourth-order valence-corrected chi connectivity index (χ4v) is 7.24. The number of aryl methyl sites for hydroxylation is 1. The molecule has 0 saturated carbocycles. The van der Waals surface area contributed by atoms with Gasteiger partial charge in [0.1, 0.15) is 30.6 Å². The van der Waals surface area contributed by atoms with Crippen molar-refractivity contribution in [3.05, 3.63) is 43.0 Å². The van der Waals surface area contributed by atoms with Gasteiger partial charge in [-0.2, -0.15) is 0 Å². The summed E-state index contributed by atoms with van der Waals surface area (Å²) in [6.45, 7) is 2.66. The molecule has 0 bridgehead atoms. The van der Waals surface area contributed by atoms with Crippen LogP contribution in [-0.2, 0) is 27.6 Å². The normalized spacial score (nSPS) is 28.0. The Morgan fingerprint density at radius 1 is 0.860 bits per heavy atom. The minimum Gasteiger partial charge on any atom is -0.387 e. The first-order valence-electron chi connectivity index (χ1n) is 17.9. The molecule has 3 rings (SSSR count). The maximum atomic E-state index is 13.8. The van der Waals surface area contributed by atoms with Gasteiger partial charge in [-0.3, -0.25) is 27.9 Å². The summed E-state index contributed by atoms with van der Waals surface area (Å²) in [5.41, 5.74) is 8.12. The molecule has 2 aliphatic heterocycles. The minimum atomic E-state index is -4.41. The Labute approximate surface area is 292 Å². The number of rotatable bonds is 24. The molecule has 286 valence electrons. The second kappa shape index (κ2) is 22.0. The molecule has 5 N–H and O–H groups in total. The van der Waals surface area contributed by atoms with Crippen LogP contribution in [0, 0.1) is 6.92 Å². The Morgan fingerprint density at radius 2 is 1.42 bits per heavy atom. The third-order valence-corrected chi connectivity index (χ3v) is 10.5. The number of nitrogens with one attached hydrogen (secondary N) is 1. The van der Waals surface area contributed by atoms with Crippen molar-refractivity contribution in [2.24, 2.45) is 5.11 Å². The van der Waals surface area contributed by atoms with Crippen LogP contribution in [0.25, 0.3) is 10.4 Å². The van der Waals surface area contributed by atoms with Crippen molar-refractivity contribution in [3.63, 3.8) is 0 Å². The van der Waals surface area contributed by atoms with Crippen LogP contribution < -0.4 is 11.2 Å². The summed E-state index contributed by atoms with van der Waals surface area (Å²) < 4.78 is 42.7. The predicted molar refractivity (Wildman–Crippen MR) is 182 cm³/mol. The molecule has 2 aliphatic rings. The van der Waals surface area contributed by atoms with Crippen LogP contribution in [0.1, 0.15) is 115 Å². The van der Waals surface area contributed by atoms with E-state index in [0.717, 1.165) is 30.3 Å². The average molecular weight is 734 g/mol. The first-order chi connectivity index (χ1) is 24.0. The predicted octanol–water partition coefficient (Wildman–Crippen LogP) is 4.25. The zero-order valence-corrected chi connectivity index (χ0v) is 30.1. The zero-order chi connectivity index (χ0) is 36.5. The number of aliphatic hydroxyl groups excluding tert-OH is 4. The van der Waals surface area contributed by atoms with Crippen LogP contribution in [0.15, 0.2) is 20.9 Å². The second-order valence-corrected chi connectivity index (χ2v) is 14.8. The van der Waals surface area contributed by atoms with E-state index in [1.807, 2.05) is 0 Å². The van der Waals surface area contributed by atoms with Gasteiger partial charge in [-0.25, -0.2) is 9.36 Å². The number of aliphatic hydroxyl groups is 4. The molecule has 50 heavy (non-hydrogen) atoms. The van der Waals surface area contributed by atoms with Gasteiger partial charge in [0.25, 0.3) is 5.56 Å². The molecule has 2 fully saturated rings. The van der Waals surface area contributed by atoms with E-state index in [1.54, 1.807) is 0 Å². The van der Waals surface area contributed by atoms with Crippen LogP contribution in [0.5, 0.6) is 0 Å². The zero-order valence-electron chi connectivity index (χ0n) is 29.2. The molecule has 3 heterocycles. The largest absolute Gasteiger partial charge is 0.474 e. The lowest BCUT2D eigenvalue weighted by molar-refractivity contribution is -0.285. The first-order valence-corrected chi connectivity index (χ1v) is 19.4. The van der Waals surface area contributed by atoms with Crippen molar-refractivity contribution in [1.82, 2.24) is 9.55 Å². The standard InChI is InChI=1S/C32H56N5O12P/c1-3-4-5-6-7-8-9-10-11-12-13-14-15-16-17-45-50(44,47-21-25-27(38)28(39)29(40)31(42)49-25)46-20-24-23(35-36-33)18-26(48-24)37-19-22(2)30(41)34-32(37)43/h19,23-29,31,38-40,42H,3-18,20-21H2,1-2H3,(H,34,41,43)/t23-,24+,25+,26?,27+,28-,29-,31?,50?/m0/s1. The van der Waals surface area contributed by atoms with Crippen LogP contribution in [0.4, 0.5) is 0 Å². The van der Waals surface area contributed by atoms with Gasteiger partial charge in [0.05, 0.1) is 32.0 Å². The summed E-state index contributed by atoms with van der Waals surface area (Å²) in [6, 6.07) is -0.848. The molecule has 0 spiro atoms. The van der Waals surface area contributed by atoms with Gasteiger partial charge in [0, 0.05) is 23.1 Å². The molecule has 1 aromatic heterocycles. The number of H-pyrrole nitrogens is 1. The Kier molecular flexibility index (Phi) is 18.6. The molecular formula is C32H56N5O12P. The number of aromatic nitrogens is 2. The molecule has 0 aromatic carbocycles. The van der Waals surface area contributed by atoms with E-state index in [0.29, 0.717) is 6.42 Å². The average Bonchev–Trinajstić information content (AvgIpc) is 3.49. The third kappa shape index (κ3) is 13.4. The highest BCUT2D eigenvalue weighted by Crippen LogP contribution is 2.51. The Morgan fingerprint density at radius 3 is 2.00 bits per heavy atom. The number of phosphoric acid groups is 1. The molecule has 18 heteroatoms. The number of hydrogen-bond donors (Lipinski definition) is 5. The lowest BCUT2D eigenvalue weighted by atomic mass is 10.00. The van der Waals surface area contributed by atoms with Crippen LogP contribution >= 0.6 is 7.82 Å². The van der Waals surface area contributed by atoms with Gasteiger partial charge in [-0.15, -0.1) is 0 Å². The molecule has 9 atom stereocenters. The maximum Gasteiger partial charge on any atom is 0.474 e. The van der Waals surface area contributed by atoms with Crippen molar-refractivity contribution in [2.75, 3.05) is 19.8 Å². The smallest absolute Gasteiger partial charge is 0.387 e. The Bertz CT molecular complexity index is 1360. The minimum absolute atomic E-state index is 0.00727. The second-order valence-electron chi connectivity index (χ2n) is 13.1. The number of unbranched alkanes of at least 4 members (excludes halogenated alkanes) is 13. The van der Waals surface area contributed by atoms with Crippen molar-refractivity contribution in [3.8, 4) is 0 Å². The number of aromatic amines is 1. The number of ether oxygens (including phenoxy) is 2. The van der Waals surface area contributed by atoms with Gasteiger partial charge < -0.3 is 29.9 Å². The Hall–Kier alpha value is -2.14. The van der Waals surface area contributed by atoms with Gasteiger partial charge in [-0.1, -0.05) is 95.5 Å². The molecule has 0 amide bonds. The van der Waals surface area contributed by atoms with E-state index in [-0.39, 0.29) is 18.6 Å².